The normalized spacial score (nSPS) is 19.6. The number of rotatable bonds is 5. The molecule has 0 bridgehead atoms. The molecule has 1 saturated heterocycles. The summed E-state index contributed by atoms with van der Waals surface area (Å²) in [6.07, 6.45) is 0.247. The van der Waals surface area contributed by atoms with Crippen LogP contribution in [0.4, 0.5) is 0 Å². The molecule has 1 atom stereocenters. The zero-order valence-electron chi connectivity index (χ0n) is 11.2. The lowest BCUT2D eigenvalue weighted by atomic mass is 10.1. The molecule has 0 aromatic heterocycles. The van der Waals surface area contributed by atoms with Crippen LogP contribution in [-0.4, -0.2) is 31.5 Å². The molecule has 2 rings (SSSR count). The number of nitrogens with two attached hydrogens (primary N) is 2. The molecule has 0 aliphatic carbocycles. The van der Waals surface area contributed by atoms with Crippen LogP contribution in [0, 0.1) is 5.92 Å². The molecule has 1 aliphatic rings. The van der Waals surface area contributed by atoms with Gasteiger partial charge in [-0.2, -0.15) is 0 Å². The summed E-state index contributed by atoms with van der Waals surface area (Å²) in [5, 5.41) is 5.02. The molecule has 1 aromatic carbocycles. The number of likely N-dealkylation sites (tertiary alicyclic amines) is 1. The Hall–Kier alpha value is -1.44. The largest absolute Gasteiger partial charge is 0.338 e. The maximum Gasteiger partial charge on any atom is 0.223 e. The maximum absolute atomic E-state index is 11.9. The number of amides is 1. The fourth-order valence-electron chi connectivity index (χ4n) is 2.45. The Morgan fingerprint density at radius 2 is 1.80 bits per heavy atom. The van der Waals surface area contributed by atoms with E-state index in [2.05, 4.69) is 0 Å². The molecule has 0 radical (unpaired) electrons. The topological polar surface area (TPSA) is 106 Å². The van der Waals surface area contributed by atoms with E-state index >= 15 is 0 Å². The Morgan fingerprint density at radius 3 is 2.35 bits per heavy atom. The van der Waals surface area contributed by atoms with E-state index in [0.717, 1.165) is 11.1 Å². The van der Waals surface area contributed by atoms with Crippen molar-refractivity contribution in [2.75, 3.05) is 12.3 Å². The van der Waals surface area contributed by atoms with Crippen LogP contribution < -0.4 is 10.9 Å². The number of carbonyl (C=O) groups excluding carboxylic acids is 1. The van der Waals surface area contributed by atoms with Crippen molar-refractivity contribution < 1.29 is 13.2 Å². The second kappa shape index (κ2) is 5.90. The van der Waals surface area contributed by atoms with Crippen molar-refractivity contribution in [1.29, 1.82) is 0 Å². The lowest BCUT2D eigenvalue weighted by Crippen LogP contribution is -2.27. The highest BCUT2D eigenvalue weighted by Gasteiger charge is 2.31. The van der Waals surface area contributed by atoms with Crippen molar-refractivity contribution in [1.82, 2.24) is 4.90 Å². The lowest BCUT2D eigenvalue weighted by molar-refractivity contribution is -0.128. The fraction of sp³-hybridized carbons (Fsp3) is 0.462. The predicted octanol–water partition coefficient (Wildman–Crippen LogP) is -0.218. The van der Waals surface area contributed by atoms with E-state index in [1.807, 2.05) is 24.3 Å². The summed E-state index contributed by atoms with van der Waals surface area (Å²) in [7, 11) is -3.53. The number of benzene rings is 1. The summed E-state index contributed by atoms with van der Waals surface area (Å²) in [5.41, 5.74) is 7.57. The van der Waals surface area contributed by atoms with Gasteiger partial charge in [0.1, 0.15) is 0 Å². The van der Waals surface area contributed by atoms with Gasteiger partial charge < -0.3 is 10.6 Å². The van der Waals surface area contributed by atoms with Crippen molar-refractivity contribution in [3.05, 3.63) is 35.4 Å². The summed E-state index contributed by atoms with van der Waals surface area (Å²) in [4.78, 5) is 13.5. The minimum Gasteiger partial charge on any atom is -0.338 e. The zero-order valence-corrected chi connectivity index (χ0v) is 12.0. The molecule has 1 aromatic rings. The molecule has 7 heteroatoms. The van der Waals surface area contributed by atoms with E-state index in [0.29, 0.717) is 19.6 Å². The highest BCUT2D eigenvalue weighted by Crippen LogP contribution is 2.21. The monoisotopic (exact) mass is 297 g/mol. The summed E-state index contributed by atoms with van der Waals surface area (Å²) in [6, 6.07) is 7.72. The van der Waals surface area contributed by atoms with Gasteiger partial charge in [-0.25, -0.2) is 13.6 Å². The van der Waals surface area contributed by atoms with Gasteiger partial charge in [-0.1, -0.05) is 24.3 Å². The highest BCUT2D eigenvalue weighted by atomic mass is 32.2. The second-order valence-corrected chi connectivity index (χ2v) is 6.85. The van der Waals surface area contributed by atoms with Gasteiger partial charge in [-0.3, -0.25) is 4.79 Å². The number of sulfonamides is 1. The van der Waals surface area contributed by atoms with Gasteiger partial charge in [0.05, 0.1) is 5.75 Å². The van der Waals surface area contributed by atoms with E-state index in [-0.39, 0.29) is 24.0 Å². The average Bonchev–Trinajstić information content (AvgIpc) is 2.68. The minimum absolute atomic E-state index is 0.0263. The summed E-state index contributed by atoms with van der Waals surface area (Å²) >= 11 is 0. The van der Waals surface area contributed by atoms with E-state index in [4.69, 9.17) is 10.9 Å². The van der Waals surface area contributed by atoms with Gasteiger partial charge in [-0.15, -0.1) is 0 Å². The number of hydrogen-bond acceptors (Lipinski definition) is 4. The van der Waals surface area contributed by atoms with Crippen molar-refractivity contribution in [3.63, 3.8) is 0 Å². The lowest BCUT2D eigenvalue weighted by Gasteiger charge is -2.16. The molecule has 1 amide bonds. The third-order valence-corrected chi connectivity index (χ3v) is 4.33. The molecule has 6 nitrogen and oxygen atoms in total. The highest BCUT2D eigenvalue weighted by molar-refractivity contribution is 7.89. The Labute approximate surface area is 118 Å². The van der Waals surface area contributed by atoms with Gasteiger partial charge in [0.25, 0.3) is 0 Å². The minimum atomic E-state index is -3.53. The molecular weight excluding hydrogens is 278 g/mol. The van der Waals surface area contributed by atoms with Crippen LogP contribution in [0.2, 0.25) is 0 Å². The molecule has 1 aliphatic heterocycles. The van der Waals surface area contributed by atoms with Crippen molar-refractivity contribution in [3.8, 4) is 0 Å². The van der Waals surface area contributed by atoms with E-state index in [1.54, 1.807) is 4.90 Å². The molecule has 1 fully saturated rings. The second-order valence-electron chi connectivity index (χ2n) is 5.19. The molecule has 110 valence electrons. The van der Waals surface area contributed by atoms with Crippen LogP contribution in [0.15, 0.2) is 24.3 Å². The number of hydrogen-bond donors (Lipinski definition) is 2. The van der Waals surface area contributed by atoms with Crippen LogP contribution in [0.25, 0.3) is 0 Å². The molecule has 1 heterocycles. The third-order valence-electron chi connectivity index (χ3n) is 3.39. The number of nitrogens with zero attached hydrogens (tertiary/aromatic N) is 1. The molecule has 4 N–H and O–H groups in total. The first-order valence-electron chi connectivity index (χ1n) is 6.43. The molecular formula is C13H19N3O3S. The van der Waals surface area contributed by atoms with Gasteiger partial charge in [-0.05, 0) is 11.1 Å². The smallest absolute Gasteiger partial charge is 0.223 e. The van der Waals surface area contributed by atoms with Crippen LogP contribution >= 0.6 is 0 Å². The molecule has 0 saturated carbocycles. The Bertz CT molecular complexity index is 583. The van der Waals surface area contributed by atoms with E-state index < -0.39 is 10.0 Å². The first-order chi connectivity index (χ1) is 9.37. The van der Waals surface area contributed by atoms with Crippen LogP contribution in [0.1, 0.15) is 17.5 Å². The van der Waals surface area contributed by atoms with Crippen LogP contribution in [0.5, 0.6) is 0 Å². The molecule has 20 heavy (non-hydrogen) atoms. The maximum atomic E-state index is 11.9. The third kappa shape index (κ3) is 4.03. The standard InChI is InChI=1S/C13H19N3O3S/c14-6-10-1-3-11(4-2-10)7-16-8-12(5-13(16)17)9-20(15,18)19/h1-4,12H,5-9,14H2,(H2,15,18,19). The molecule has 0 spiro atoms. The first-order valence-corrected chi connectivity index (χ1v) is 8.15. The summed E-state index contributed by atoms with van der Waals surface area (Å²) in [6.45, 7) is 1.41. The summed E-state index contributed by atoms with van der Waals surface area (Å²) in [5.74, 6) is -0.371. The quantitative estimate of drug-likeness (QED) is 0.783. The van der Waals surface area contributed by atoms with Crippen molar-refractivity contribution in [2.45, 2.75) is 19.5 Å². The van der Waals surface area contributed by atoms with Crippen LogP contribution in [0.3, 0.4) is 0 Å². The Balaban J connectivity index is 1.97. The van der Waals surface area contributed by atoms with Gasteiger partial charge >= 0.3 is 0 Å². The summed E-state index contributed by atoms with van der Waals surface area (Å²) < 4.78 is 22.1. The Morgan fingerprint density at radius 1 is 1.20 bits per heavy atom. The first kappa shape index (κ1) is 15.0. The zero-order chi connectivity index (χ0) is 14.8. The number of carbonyl (C=O) groups is 1. The van der Waals surface area contributed by atoms with E-state index in [9.17, 15) is 13.2 Å². The van der Waals surface area contributed by atoms with Gasteiger partial charge in [0.2, 0.25) is 15.9 Å². The van der Waals surface area contributed by atoms with Gasteiger partial charge in [0.15, 0.2) is 0 Å². The Kier molecular flexibility index (Phi) is 4.42. The van der Waals surface area contributed by atoms with Crippen molar-refractivity contribution >= 4 is 15.9 Å². The fourth-order valence-corrected chi connectivity index (χ4v) is 3.33. The van der Waals surface area contributed by atoms with Gasteiger partial charge in [0, 0.05) is 32.0 Å². The predicted molar refractivity (Wildman–Crippen MR) is 75.8 cm³/mol. The molecule has 1 unspecified atom stereocenters. The van der Waals surface area contributed by atoms with Crippen molar-refractivity contribution in [2.24, 2.45) is 16.8 Å². The number of primary sulfonamides is 1. The van der Waals surface area contributed by atoms with E-state index in [1.165, 1.54) is 0 Å². The van der Waals surface area contributed by atoms with Crippen LogP contribution in [-0.2, 0) is 27.9 Å². The average molecular weight is 297 g/mol. The SMILES string of the molecule is NCc1ccc(CN2CC(CS(N)(=O)=O)CC2=O)cc1.